The van der Waals surface area contributed by atoms with Crippen molar-refractivity contribution in [2.24, 2.45) is 7.05 Å². The van der Waals surface area contributed by atoms with Crippen LogP contribution in [0.25, 0.3) is 0 Å². The zero-order chi connectivity index (χ0) is 18.4. The Bertz CT molecular complexity index is 633. The summed E-state index contributed by atoms with van der Waals surface area (Å²) >= 11 is 0. The molecular formula is C17H26N2O5. The van der Waals surface area contributed by atoms with Gasteiger partial charge in [-0.15, -0.1) is 0 Å². The van der Waals surface area contributed by atoms with Crippen molar-refractivity contribution in [3.63, 3.8) is 0 Å². The van der Waals surface area contributed by atoms with Crippen molar-refractivity contribution in [1.82, 2.24) is 9.47 Å². The highest BCUT2D eigenvalue weighted by Crippen LogP contribution is 2.22. The molecule has 0 N–H and O–H groups in total. The monoisotopic (exact) mass is 338 g/mol. The van der Waals surface area contributed by atoms with Gasteiger partial charge in [-0.2, -0.15) is 0 Å². The predicted molar refractivity (Wildman–Crippen MR) is 89.3 cm³/mol. The summed E-state index contributed by atoms with van der Waals surface area (Å²) in [5.74, 6) is -0.918. The molecule has 0 saturated heterocycles. The molecule has 0 fully saturated rings. The summed E-state index contributed by atoms with van der Waals surface area (Å²) in [4.78, 5) is 38.2. The number of ketones is 1. The van der Waals surface area contributed by atoms with Crippen molar-refractivity contribution >= 4 is 17.7 Å². The first-order chi connectivity index (χ1) is 11.3. The lowest BCUT2D eigenvalue weighted by Crippen LogP contribution is -2.38. The lowest BCUT2D eigenvalue weighted by atomic mass is 10.1. The maximum atomic E-state index is 12.8. The molecular weight excluding hydrogens is 312 g/mol. The molecule has 0 saturated carbocycles. The molecule has 0 bridgehead atoms. The van der Waals surface area contributed by atoms with Crippen LogP contribution in [-0.4, -0.2) is 61.0 Å². The van der Waals surface area contributed by atoms with Gasteiger partial charge in [0, 0.05) is 32.0 Å². The van der Waals surface area contributed by atoms with Crippen LogP contribution >= 0.6 is 0 Å². The van der Waals surface area contributed by atoms with Gasteiger partial charge in [-0.05, 0) is 25.8 Å². The summed E-state index contributed by atoms with van der Waals surface area (Å²) in [5, 5.41) is 0. The molecule has 1 aromatic heterocycles. The maximum Gasteiger partial charge on any atom is 0.354 e. The number of esters is 1. The van der Waals surface area contributed by atoms with E-state index in [-0.39, 0.29) is 24.8 Å². The molecule has 0 unspecified atom stereocenters. The van der Waals surface area contributed by atoms with Crippen molar-refractivity contribution < 1.29 is 23.9 Å². The van der Waals surface area contributed by atoms with E-state index in [0.29, 0.717) is 29.1 Å². The number of carbonyl (C=O) groups excluding carboxylic acids is 3. The standard InChI is InChI=1S/C17H26N2O5/c1-7-8-19(14(21)10-23-5)9-13(20)15-11(2)16(17(22)24-6)18(4)12(15)3/h7-10H2,1-6H3. The van der Waals surface area contributed by atoms with E-state index in [1.807, 2.05) is 6.92 Å². The second kappa shape index (κ2) is 8.63. The van der Waals surface area contributed by atoms with E-state index < -0.39 is 5.97 Å². The normalized spacial score (nSPS) is 10.6. The third-order valence-electron chi connectivity index (χ3n) is 4.04. The minimum atomic E-state index is -0.488. The summed E-state index contributed by atoms with van der Waals surface area (Å²) in [7, 11) is 4.46. The molecule has 0 aromatic carbocycles. The molecule has 0 radical (unpaired) electrons. The van der Waals surface area contributed by atoms with Gasteiger partial charge in [0.1, 0.15) is 12.3 Å². The molecule has 0 aliphatic rings. The quantitative estimate of drug-likeness (QED) is 0.530. The number of hydrogen-bond donors (Lipinski definition) is 0. The second-order valence-electron chi connectivity index (χ2n) is 5.66. The average Bonchev–Trinajstić information content (AvgIpc) is 2.76. The molecule has 134 valence electrons. The van der Waals surface area contributed by atoms with E-state index >= 15 is 0 Å². The van der Waals surface area contributed by atoms with Crippen LogP contribution in [0.4, 0.5) is 0 Å². The minimum Gasteiger partial charge on any atom is -0.464 e. The van der Waals surface area contributed by atoms with Crippen molar-refractivity contribution in [2.45, 2.75) is 27.2 Å². The van der Waals surface area contributed by atoms with Gasteiger partial charge in [-0.3, -0.25) is 9.59 Å². The van der Waals surface area contributed by atoms with Gasteiger partial charge in [0.25, 0.3) is 0 Å². The fraction of sp³-hybridized carbons (Fsp3) is 0.588. The summed E-state index contributed by atoms with van der Waals surface area (Å²) in [6, 6.07) is 0. The first-order valence-electron chi connectivity index (χ1n) is 7.84. The van der Waals surface area contributed by atoms with Crippen LogP contribution < -0.4 is 0 Å². The van der Waals surface area contributed by atoms with Gasteiger partial charge >= 0.3 is 5.97 Å². The van der Waals surface area contributed by atoms with Crippen LogP contribution in [-0.2, 0) is 21.3 Å². The Hall–Kier alpha value is -2.15. The number of rotatable bonds is 8. The lowest BCUT2D eigenvalue weighted by Gasteiger charge is -2.21. The Morgan fingerprint density at radius 1 is 1.17 bits per heavy atom. The number of aromatic nitrogens is 1. The predicted octanol–water partition coefficient (Wildman–Crippen LogP) is 1.50. The smallest absolute Gasteiger partial charge is 0.354 e. The van der Waals surface area contributed by atoms with Crippen LogP contribution in [0.5, 0.6) is 0 Å². The first kappa shape index (κ1) is 19.9. The van der Waals surface area contributed by atoms with Gasteiger partial charge in [-0.25, -0.2) is 4.79 Å². The highest BCUT2D eigenvalue weighted by molar-refractivity contribution is 6.04. The van der Waals surface area contributed by atoms with Crippen LogP contribution in [0, 0.1) is 13.8 Å². The van der Waals surface area contributed by atoms with E-state index in [0.717, 1.165) is 6.42 Å². The molecule has 1 aromatic rings. The average molecular weight is 338 g/mol. The number of hydrogen-bond acceptors (Lipinski definition) is 5. The number of methoxy groups -OCH3 is 2. The fourth-order valence-corrected chi connectivity index (χ4v) is 2.80. The highest BCUT2D eigenvalue weighted by Gasteiger charge is 2.27. The Morgan fingerprint density at radius 3 is 2.29 bits per heavy atom. The topological polar surface area (TPSA) is 77.8 Å². The third kappa shape index (κ3) is 4.03. The number of Topliss-reactive ketones (excluding diaryl/α,β-unsaturated/α-hetero) is 1. The van der Waals surface area contributed by atoms with Gasteiger partial charge in [0.05, 0.1) is 13.7 Å². The maximum absolute atomic E-state index is 12.8. The molecule has 7 heteroatoms. The second-order valence-corrected chi connectivity index (χ2v) is 5.66. The van der Waals surface area contributed by atoms with Gasteiger partial charge in [-0.1, -0.05) is 6.92 Å². The fourth-order valence-electron chi connectivity index (χ4n) is 2.80. The number of ether oxygens (including phenoxy) is 2. The van der Waals surface area contributed by atoms with E-state index in [9.17, 15) is 14.4 Å². The molecule has 1 rings (SSSR count). The molecule has 1 amide bonds. The van der Waals surface area contributed by atoms with Crippen LogP contribution in [0.15, 0.2) is 0 Å². The molecule has 1 heterocycles. The molecule has 0 atom stereocenters. The van der Waals surface area contributed by atoms with E-state index in [4.69, 9.17) is 9.47 Å². The van der Waals surface area contributed by atoms with Crippen molar-refractivity contribution in [3.8, 4) is 0 Å². The van der Waals surface area contributed by atoms with Crippen LogP contribution in [0.1, 0.15) is 45.4 Å². The third-order valence-corrected chi connectivity index (χ3v) is 4.04. The Balaban J connectivity index is 3.14. The molecule has 0 aliphatic carbocycles. The van der Waals surface area contributed by atoms with Gasteiger partial charge < -0.3 is 18.9 Å². The molecule has 0 spiro atoms. The Morgan fingerprint density at radius 2 is 1.79 bits per heavy atom. The Labute approximate surface area is 142 Å². The molecule has 24 heavy (non-hydrogen) atoms. The SMILES string of the molecule is CCCN(CC(=O)c1c(C)c(C(=O)OC)n(C)c1C)C(=O)COC. The summed E-state index contributed by atoms with van der Waals surface area (Å²) in [6.45, 7) is 5.80. The van der Waals surface area contributed by atoms with E-state index in [1.165, 1.54) is 19.1 Å². The number of nitrogens with zero attached hydrogens (tertiary/aromatic N) is 2. The van der Waals surface area contributed by atoms with E-state index in [1.54, 1.807) is 25.5 Å². The number of carbonyl (C=O) groups is 3. The molecule has 0 aliphatic heterocycles. The number of amides is 1. The first-order valence-corrected chi connectivity index (χ1v) is 7.84. The van der Waals surface area contributed by atoms with Crippen molar-refractivity contribution in [3.05, 3.63) is 22.5 Å². The molecule has 7 nitrogen and oxygen atoms in total. The lowest BCUT2D eigenvalue weighted by molar-refractivity contribution is -0.134. The summed E-state index contributed by atoms with van der Waals surface area (Å²) < 4.78 is 11.3. The van der Waals surface area contributed by atoms with Gasteiger partial charge in [0.2, 0.25) is 5.91 Å². The largest absolute Gasteiger partial charge is 0.464 e. The van der Waals surface area contributed by atoms with Crippen molar-refractivity contribution in [1.29, 1.82) is 0 Å². The highest BCUT2D eigenvalue weighted by atomic mass is 16.5. The minimum absolute atomic E-state index is 0.0393. The van der Waals surface area contributed by atoms with Crippen LogP contribution in [0.2, 0.25) is 0 Å². The van der Waals surface area contributed by atoms with Gasteiger partial charge in [0.15, 0.2) is 5.78 Å². The zero-order valence-electron chi connectivity index (χ0n) is 15.3. The zero-order valence-corrected chi connectivity index (χ0v) is 15.3. The van der Waals surface area contributed by atoms with E-state index in [2.05, 4.69) is 0 Å². The van der Waals surface area contributed by atoms with Crippen molar-refractivity contribution in [2.75, 3.05) is 33.9 Å². The summed E-state index contributed by atoms with van der Waals surface area (Å²) in [6.07, 6.45) is 0.739. The summed E-state index contributed by atoms with van der Waals surface area (Å²) in [5.41, 5.74) is 2.06. The van der Waals surface area contributed by atoms with Crippen LogP contribution in [0.3, 0.4) is 0 Å². The Kier molecular flexibility index (Phi) is 7.16.